The van der Waals surface area contributed by atoms with Gasteiger partial charge in [-0.3, -0.25) is 9.59 Å². The fraction of sp³-hybridized carbons (Fsp3) is 0.200. The number of hydrogen-bond acceptors (Lipinski definition) is 6. The van der Waals surface area contributed by atoms with Crippen molar-refractivity contribution in [3.63, 3.8) is 0 Å². The van der Waals surface area contributed by atoms with Crippen LogP contribution in [0.25, 0.3) is 0 Å². The van der Waals surface area contributed by atoms with Crippen LogP contribution in [0.2, 0.25) is 10.0 Å². The van der Waals surface area contributed by atoms with Crippen LogP contribution in [0.4, 0.5) is 11.4 Å². The summed E-state index contributed by atoms with van der Waals surface area (Å²) in [7, 11) is 7.55. The average molecular weight is 500 g/mol. The van der Waals surface area contributed by atoms with Crippen molar-refractivity contribution in [2.45, 2.75) is 5.60 Å². The summed E-state index contributed by atoms with van der Waals surface area (Å²) in [6.45, 7) is 0. The highest BCUT2D eigenvalue weighted by molar-refractivity contribution is 6.38. The molecule has 1 aliphatic rings. The lowest BCUT2D eigenvalue weighted by molar-refractivity contribution is 0.0997. The minimum Gasteiger partial charge on any atom is -0.456 e. The lowest BCUT2D eigenvalue weighted by Crippen LogP contribution is -2.34. The number of carbonyl (C=O) groups is 2. The second kappa shape index (κ2) is 8.51. The molecule has 34 heavy (non-hydrogen) atoms. The molecule has 0 aliphatic carbocycles. The molecule has 1 amide bonds. The van der Waals surface area contributed by atoms with E-state index in [1.165, 1.54) is 6.07 Å². The van der Waals surface area contributed by atoms with E-state index in [1.807, 2.05) is 50.1 Å². The van der Waals surface area contributed by atoms with Crippen LogP contribution in [0.5, 0.6) is 11.5 Å². The third-order valence-corrected chi connectivity index (χ3v) is 6.67. The molecule has 0 fully saturated rings. The molecular formula is C25H23Cl2N3O4. The van der Waals surface area contributed by atoms with Gasteiger partial charge in [0.1, 0.15) is 17.1 Å². The van der Waals surface area contributed by atoms with E-state index in [4.69, 9.17) is 33.7 Å². The van der Waals surface area contributed by atoms with Crippen molar-refractivity contribution in [2.24, 2.45) is 5.73 Å². The van der Waals surface area contributed by atoms with Gasteiger partial charge < -0.3 is 25.4 Å². The van der Waals surface area contributed by atoms with E-state index in [-0.39, 0.29) is 26.7 Å². The monoisotopic (exact) mass is 499 g/mol. The molecule has 0 bridgehead atoms. The van der Waals surface area contributed by atoms with Crippen molar-refractivity contribution in [3.8, 4) is 11.5 Å². The van der Waals surface area contributed by atoms with E-state index in [2.05, 4.69) is 0 Å². The minimum absolute atomic E-state index is 0.0324. The first-order chi connectivity index (χ1) is 16.0. The Morgan fingerprint density at radius 3 is 1.88 bits per heavy atom. The van der Waals surface area contributed by atoms with Crippen molar-refractivity contribution in [3.05, 3.63) is 80.3 Å². The number of primary amides is 1. The lowest BCUT2D eigenvalue weighted by atomic mass is 9.76. The molecule has 1 aliphatic heterocycles. The number of halogens is 2. The SMILES string of the molecule is CN(C)c1ccc2c(c1)Oc1cc(N(C)C)ccc1C2(O)c1c(Cl)cc(C(N)=O)c(Cl)c1C=O. The number of benzene rings is 3. The number of fused-ring (bicyclic) bond motifs is 2. The van der Waals surface area contributed by atoms with Crippen LogP contribution in [-0.4, -0.2) is 45.5 Å². The van der Waals surface area contributed by atoms with Gasteiger partial charge in [-0.2, -0.15) is 0 Å². The molecular weight excluding hydrogens is 477 g/mol. The van der Waals surface area contributed by atoms with Gasteiger partial charge in [-0.1, -0.05) is 23.2 Å². The molecule has 0 saturated carbocycles. The van der Waals surface area contributed by atoms with Crippen LogP contribution in [-0.2, 0) is 5.60 Å². The third-order valence-electron chi connectivity index (χ3n) is 5.96. The molecule has 0 radical (unpaired) electrons. The molecule has 176 valence electrons. The Labute approximate surface area is 207 Å². The normalized spacial score (nSPS) is 13.4. The summed E-state index contributed by atoms with van der Waals surface area (Å²) in [5, 5.41) is 12.2. The van der Waals surface area contributed by atoms with Crippen molar-refractivity contribution < 1.29 is 19.4 Å². The number of hydrogen-bond donors (Lipinski definition) is 2. The summed E-state index contributed by atoms with van der Waals surface area (Å²) in [6.07, 6.45) is 0.463. The topological polar surface area (TPSA) is 96.1 Å². The van der Waals surface area contributed by atoms with E-state index >= 15 is 0 Å². The Morgan fingerprint density at radius 2 is 1.47 bits per heavy atom. The van der Waals surface area contributed by atoms with Crippen LogP contribution in [0.3, 0.4) is 0 Å². The number of amides is 1. The van der Waals surface area contributed by atoms with Crippen molar-refractivity contribution in [2.75, 3.05) is 38.0 Å². The molecule has 4 rings (SSSR count). The van der Waals surface area contributed by atoms with Crippen LogP contribution < -0.4 is 20.3 Å². The number of anilines is 2. The Bertz CT molecular complexity index is 1280. The van der Waals surface area contributed by atoms with Gasteiger partial charge in [-0.25, -0.2) is 0 Å². The first-order valence-electron chi connectivity index (χ1n) is 10.3. The maximum absolute atomic E-state index is 12.4. The molecule has 0 spiro atoms. The highest BCUT2D eigenvalue weighted by atomic mass is 35.5. The summed E-state index contributed by atoms with van der Waals surface area (Å²) in [5.41, 5.74) is 5.75. The smallest absolute Gasteiger partial charge is 0.250 e. The highest BCUT2D eigenvalue weighted by Crippen LogP contribution is 2.54. The lowest BCUT2D eigenvalue weighted by Gasteiger charge is -2.38. The number of nitrogens with zero attached hydrogens (tertiary/aromatic N) is 2. The van der Waals surface area contributed by atoms with Gasteiger partial charge in [-0.15, -0.1) is 0 Å². The standard InChI is InChI=1S/C25H23Cl2N3O4/c1-29(2)13-5-7-17-20(9-13)34-21-10-14(30(3)4)6-8-18(21)25(17,33)22-16(12-31)23(27)15(24(28)32)11-19(22)26/h5-12,33H,1-4H3,(H2,28,32). The first-order valence-corrected chi connectivity index (χ1v) is 11.1. The van der Waals surface area contributed by atoms with Gasteiger partial charge in [0.2, 0.25) is 5.91 Å². The van der Waals surface area contributed by atoms with Crippen LogP contribution in [0, 0.1) is 0 Å². The Kier molecular flexibility index (Phi) is 5.97. The molecule has 0 aromatic heterocycles. The van der Waals surface area contributed by atoms with E-state index < -0.39 is 11.5 Å². The van der Waals surface area contributed by atoms with Gasteiger partial charge in [0.15, 0.2) is 6.29 Å². The zero-order valence-electron chi connectivity index (χ0n) is 19.0. The van der Waals surface area contributed by atoms with E-state index in [9.17, 15) is 14.7 Å². The highest BCUT2D eigenvalue weighted by Gasteiger charge is 2.46. The Balaban J connectivity index is 2.12. The summed E-state index contributed by atoms with van der Waals surface area (Å²) in [6, 6.07) is 11.9. The number of aliphatic hydroxyl groups is 1. The van der Waals surface area contributed by atoms with Crippen molar-refractivity contribution >= 4 is 46.8 Å². The third kappa shape index (κ3) is 3.57. The van der Waals surface area contributed by atoms with Gasteiger partial charge in [0.05, 0.1) is 10.6 Å². The fourth-order valence-electron chi connectivity index (χ4n) is 4.18. The largest absolute Gasteiger partial charge is 0.456 e. The van der Waals surface area contributed by atoms with Gasteiger partial charge in [0, 0.05) is 79.0 Å². The molecule has 1 heterocycles. The van der Waals surface area contributed by atoms with Crippen LogP contribution in [0.1, 0.15) is 37.4 Å². The van der Waals surface area contributed by atoms with Gasteiger partial charge >= 0.3 is 0 Å². The minimum atomic E-state index is -1.91. The quantitative estimate of drug-likeness (QED) is 0.504. The molecule has 3 aromatic rings. The van der Waals surface area contributed by atoms with Gasteiger partial charge in [0.25, 0.3) is 0 Å². The molecule has 0 unspecified atom stereocenters. The molecule has 0 atom stereocenters. The summed E-state index contributed by atoms with van der Waals surface area (Å²) in [4.78, 5) is 27.9. The maximum Gasteiger partial charge on any atom is 0.250 e. The summed E-state index contributed by atoms with van der Waals surface area (Å²) < 4.78 is 6.23. The molecule has 9 heteroatoms. The van der Waals surface area contributed by atoms with E-state index in [0.29, 0.717) is 28.9 Å². The molecule has 3 N–H and O–H groups in total. The number of carbonyl (C=O) groups excluding carboxylic acids is 2. The van der Waals surface area contributed by atoms with Crippen molar-refractivity contribution in [1.29, 1.82) is 0 Å². The second-order valence-electron chi connectivity index (χ2n) is 8.45. The Hall–Kier alpha value is -3.26. The zero-order valence-corrected chi connectivity index (χ0v) is 20.5. The Morgan fingerprint density at radius 1 is 0.971 bits per heavy atom. The number of aldehydes is 1. The summed E-state index contributed by atoms with van der Waals surface area (Å²) in [5.74, 6) is -0.0622. The van der Waals surface area contributed by atoms with E-state index in [1.54, 1.807) is 24.3 Å². The zero-order chi connectivity index (χ0) is 24.9. The van der Waals surface area contributed by atoms with E-state index in [0.717, 1.165) is 11.4 Å². The second-order valence-corrected chi connectivity index (χ2v) is 9.24. The predicted molar refractivity (Wildman–Crippen MR) is 134 cm³/mol. The van der Waals surface area contributed by atoms with Gasteiger partial charge in [-0.05, 0) is 30.3 Å². The average Bonchev–Trinajstić information content (AvgIpc) is 2.79. The molecule has 3 aromatic carbocycles. The van der Waals surface area contributed by atoms with Crippen molar-refractivity contribution in [1.82, 2.24) is 0 Å². The number of rotatable bonds is 5. The number of ether oxygens (including phenoxy) is 1. The van der Waals surface area contributed by atoms with Crippen LogP contribution in [0.15, 0.2) is 42.5 Å². The van der Waals surface area contributed by atoms with Crippen LogP contribution >= 0.6 is 23.2 Å². The first kappa shape index (κ1) is 23.9. The molecule has 0 saturated heterocycles. The fourth-order valence-corrected chi connectivity index (χ4v) is 4.82. The molecule has 7 nitrogen and oxygen atoms in total. The number of nitrogens with two attached hydrogens (primary N) is 1. The predicted octanol–water partition coefficient (Wildman–Crippen LogP) is 4.43. The summed E-state index contributed by atoms with van der Waals surface area (Å²) >= 11 is 13.0. The maximum atomic E-state index is 12.4.